The highest BCUT2D eigenvalue weighted by Crippen LogP contribution is 2.30. The van der Waals surface area contributed by atoms with E-state index in [4.69, 9.17) is 9.47 Å². The van der Waals surface area contributed by atoms with Crippen LogP contribution in [0.2, 0.25) is 0 Å². The zero-order valence-corrected chi connectivity index (χ0v) is 16.6. The molecule has 0 saturated carbocycles. The van der Waals surface area contributed by atoms with Crippen molar-refractivity contribution in [3.05, 3.63) is 24.3 Å². The molecule has 1 aromatic carbocycles. The molecule has 0 spiro atoms. The van der Waals surface area contributed by atoms with Crippen molar-refractivity contribution in [3.8, 4) is 5.75 Å². The molecular weight excluding hydrogens is 348 g/mol. The number of hydrogen-bond donors (Lipinski definition) is 1. The largest absolute Gasteiger partial charge is 0.497 e. The van der Waals surface area contributed by atoms with E-state index in [0.717, 1.165) is 12.8 Å². The number of hydrogen-bond acceptors (Lipinski definition) is 5. The molecule has 1 N–H and O–H groups in total. The first kappa shape index (κ1) is 20.7. The molecule has 1 fully saturated rings. The highest BCUT2D eigenvalue weighted by Gasteiger charge is 2.51. The van der Waals surface area contributed by atoms with Gasteiger partial charge in [-0.25, -0.2) is 4.79 Å². The van der Waals surface area contributed by atoms with Crippen LogP contribution in [0.15, 0.2) is 24.3 Å². The molecule has 0 aliphatic carbocycles. The van der Waals surface area contributed by atoms with Gasteiger partial charge in [0.25, 0.3) is 5.91 Å². The summed E-state index contributed by atoms with van der Waals surface area (Å²) in [6.07, 6.45) is 1.70. The molecule has 2 amide bonds. The topological polar surface area (TPSA) is 84.9 Å². The third kappa shape index (κ3) is 4.99. The average molecular weight is 376 g/mol. The second kappa shape index (κ2) is 8.41. The SMILES string of the molecule is CCCC[C@H](NC(=O)OC(C)(C)C)[C@H]1C(=O)C(=O)N1c1ccc(OC)cc1. The summed E-state index contributed by atoms with van der Waals surface area (Å²) in [4.78, 5) is 38.2. The Morgan fingerprint density at radius 3 is 2.37 bits per heavy atom. The average Bonchev–Trinajstić information content (AvgIpc) is 2.61. The Morgan fingerprint density at radius 1 is 1.22 bits per heavy atom. The van der Waals surface area contributed by atoms with Gasteiger partial charge in [0.1, 0.15) is 17.4 Å². The molecule has 1 saturated heterocycles. The normalized spacial score (nSPS) is 18.0. The number of benzene rings is 1. The van der Waals surface area contributed by atoms with Crippen molar-refractivity contribution in [1.29, 1.82) is 0 Å². The van der Waals surface area contributed by atoms with E-state index in [0.29, 0.717) is 17.9 Å². The molecule has 2 atom stereocenters. The maximum Gasteiger partial charge on any atom is 0.407 e. The molecule has 1 aromatic rings. The smallest absolute Gasteiger partial charge is 0.407 e. The quantitative estimate of drug-likeness (QED) is 0.584. The predicted octanol–water partition coefficient (Wildman–Crippen LogP) is 3.06. The van der Waals surface area contributed by atoms with E-state index < -0.39 is 35.5 Å². The number of nitrogens with zero attached hydrogens (tertiary/aromatic N) is 1. The van der Waals surface area contributed by atoms with Gasteiger partial charge in [-0.1, -0.05) is 19.8 Å². The van der Waals surface area contributed by atoms with Gasteiger partial charge in [0.2, 0.25) is 5.78 Å². The van der Waals surface area contributed by atoms with Crippen LogP contribution < -0.4 is 15.0 Å². The third-order valence-corrected chi connectivity index (χ3v) is 4.28. The lowest BCUT2D eigenvalue weighted by Gasteiger charge is -2.43. The molecule has 0 aromatic heterocycles. The molecule has 1 aliphatic heterocycles. The van der Waals surface area contributed by atoms with Crippen LogP contribution in [0.1, 0.15) is 47.0 Å². The minimum absolute atomic E-state index is 0.497. The molecule has 0 bridgehead atoms. The van der Waals surface area contributed by atoms with Gasteiger partial charge in [-0.2, -0.15) is 0 Å². The number of unbranched alkanes of at least 4 members (excludes halogenated alkanes) is 1. The van der Waals surface area contributed by atoms with Crippen LogP contribution in [0.25, 0.3) is 0 Å². The standard InChI is InChI=1S/C20H28N2O5/c1-6-7-8-15(21-19(25)27-20(2,3)4)16-17(23)18(24)22(16)13-9-11-14(26-5)12-10-13/h9-12,15-16H,6-8H2,1-5H3,(H,21,25)/t15-,16-/m0/s1. The number of alkyl carbamates (subject to hydrolysis) is 1. The first-order chi connectivity index (χ1) is 12.7. The Labute approximate surface area is 160 Å². The van der Waals surface area contributed by atoms with Crippen LogP contribution >= 0.6 is 0 Å². The maximum atomic E-state index is 12.3. The fourth-order valence-electron chi connectivity index (χ4n) is 3.00. The monoisotopic (exact) mass is 376 g/mol. The number of carbonyl (C=O) groups excluding carboxylic acids is 3. The summed E-state index contributed by atoms with van der Waals surface area (Å²) in [5.41, 5.74) is -0.0491. The first-order valence-corrected chi connectivity index (χ1v) is 9.19. The van der Waals surface area contributed by atoms with Crippen molar-refractivity contribution >= 4 is 23.5 Å². The lowest BCUT2D eigenvalue weighted by molar-refractivity contribution is -0.144. The number of rotatable bonds is 7. The van der Waals surface area contributed by atoms with Crippen molar-refractivity contribution in [3.63, 3.8) is 0 Å². The highest BCUT2D eigenvalue weighted by molar-refractivity contribution is 6.52. The Bertz CT molecular complexity index is 693. The highest BCUT2D eigenvalue weighted by atomic mass is 16.6. The molecule has 27 heavy (non-hydrogen) atoms. The summed E-state index contributed by atoms with van der Waals surface area (Å²) < 4.78 is 10.4. The molecule has 0 radical (unpaired) electrons. The number of nitrogens with one attached hydrogen (secondary N) is 1. The maximum absolute atomic E-state index is 12.3. The lowest BCUT2D eigenvalue weighted by atomic mass is 9.88. The number of ketones is 1. The summed E-state index contributed by atoms with van der Waals surface area (Å²) >= 11 is 0. The molecule has 1 aliphatic rings. The van der Waals surface area contributed by atoms with Crippen LogP contribution in [0.5, 0.6) is 5.75 Å². The Hall–Kier alpha value is -2.57. The van der Waals surface area contributed by atoms with Gasteiger partial charge in [-0.05, 0) is 51.5 Å². The van der Waals surface area contributed by atoms with E-state index >= 15 is 0 Å². The van der Waals surface area contributed by atoms with Gasteiger partial charge in [0, 0.05) is 5.69 Å². The summed E-state index contributed by atoms with van der Waals surface area (Å²) in [6.45, 7) is 7.35. The summed E-state index contributed by atoms with van der Waals surface area (Å²) in [6, 6.07) is 5.66. The summed E-state index contributed by atoms with van der Waals surface area (Å²) in [5, 5.41) is 2.78. The van der Waals surface area contributed by atoms with Crippen LogP contribution in [-0.2, 0) is 14.3 Å². The summed E-state index contributed by atoms with van der Waals surface area (Å²) in [7, 11) is 1.56. The van der Waals surface area contributed by atoms with Crippen LogP contribution in [0.3, 0.4) is 0 Å². The van der Waals surface area contributed by atoms with Gasteiger partial charge in [0.15, 0.2) is 0 Å². The number of Topliss-reactive ketones (excluding diaryl/α,β-unsaturated/α-hetero) is 1. The van der Waals surface area contributed by atoms with Crippen molar-refractivity contribution in [2.45, 2.75) is 64.6 Å². The van der Waals surface area contributed by atoms with E-state index in [-0.39, 0.29) is 0 Å². The first-order valence-electron chi connectivity index (χ1n) is 9.19. The Kier molecular flexibility index (Phi) is 6.46. The second-order valence-electron chi connectivity index (χ2n) is 7.58. The van der Waals surface area contributed by atoms with E-state index in [1.54, 1.807) is 52.1 Å². The van der Waals surface area contributed by atoms with E-state index in [9.17, 15) is 14.4 Å². The van der Waals surface area contributed by atoms with Crippen LogP contribution in [-0.4, -0.2) is 42.6 Å². The van der Waals surface area contributed by atoms with Crippen molar-refractivity contribution in [2.75, 3.05) is 12.0 Å². The van der Waals surface area contributed by atoms with Gasteiger partial charge in [0.05, 0.1) is 13.2 Å². The molecule has 7 heteroatoms. The molecule has 1 heterocycles. The van der Waals surface area contributed by atoms with Crippen molar-refractivity contribution in [2.24, 2.45) is 0 Å². The minimum atomic E-state index is -0.732. The van der Waals surface area contributed by atoms with Crippen molar-refractivity contribution < 1.29 is 23.9 Å². The zero-order chi connectivity index (χ0) is 20.2. The molecule has 148 valence electrons. The number of β-lactam (4-membered cyclic amide) rings is 1. The second-order valence-corrected chi connectivity index (χ2v) is 7.58. The molecular formula is C20H28N2O5. The van der Waals surface area contributed by atoms with E-state index in [1.807, 2.05) is 6.92 Å². The van der Waals surface area contributed by atoms with Gasteiger partial charge < -0.3 is 14.8 Å². The van der Waals surface area contributed by atoms with Gasteiger partial charge >= 0.3 is 6.09 Å². The fraction of sp³-hybridized carbons (Fsp3) is 0.550. The Balaban J connectivity index is 2.21. The van der Waals surface area contributed by atoms with Crippen molar-refractivity contribution in [1.82, 2.24) is 5.32 Å². The zero-order valence-electron chi connectivity index (χ0n) is 16.6. The van der Waals surface area contributed by atoms with E-state index in [1.165, 1.54) is 4.90 Å². The number of ether oxygens (including phenoxy) is 2. The third-order valence-electron chi connectivity index (χ3n) is 4.28. The number of methoxy groups -OCH3 is 1. The van der Waals surface area contributed by atoms with Crippen LogP contribution in [0, 0.1) is 0 Å². The number of anilines is 1. The van der Waals surface area contributed by atoms with Crippen LogP contribution in [0.4, 0.5) is 10.5 Å². The Morgan fingerprint density at radius 2 is 1.85 bits per heavy atom. The molecule has 0 unspecified atom stereocenters. The van der Waals surface area contributed by atoms with Gasteiger partial charge in [-0.3, -0.25) is 14.5 Å². The summed E-state index contributed by atoms with van der Waals surface area (Å²) in [5.74, 6) is -0.412. The number of carbonyl (C=O) groups is 3. The predicted molar refractivity (Wildman–Crippen MR) is 102 cm³/mol. The van der Waals surface area contributed by atoms with E-state index in [2.05, 4.69) is 5.32 Å². The lowest BCUT2D eigenvalue weighted by Crippen LogP contribution is -2.70. The molecule has 7 nitrogen and oxygen atoms in total. The number of amides is 2. The minimum Gasteiger partial charge on any atom is -0.497 e. The fourth-order valence-corrected chi connectivity index (χ4v) is 3.00. The van der Waals surface area contributed by atoms with Gasteiger partial charge in [-0.15, -0.1) is 0 Å². The molecule has 2 rings (SSSR count).